The number of nitrogens with zero attached hydrogens (tertiary/aromatic N) is 1. The smallest absolute Gasteiger partial charge is 0.416 e. The van der Waals surface area contributed by atoms with Gasteiger partial charge < -0.3 is 15.0 Å². The maximum absolute atomic E-state index is 12.9. The summed E-state index contributed by atoms with van der Waals surface area (Å²) in [4.78, 5) is 28.9. The van der Waals surface area contributed by atoms with Gasteiger partial charge in [0.05, 0.1) is 11.1 Å². The number of pyridine rings is 1. The summed E-state index contributed by atoms with van der Waals surface area (Å²) in [5.74, 6) is -1.41. The van der Waals surface area contributed by atoms with Crippen LogP contribution < -0.4 is 10.5 Å². The van der Waals surface area contributed by atoms with Gasteiger partial charge in [0.15, 0.2) is 0 Å². The summed E-state index contributed by atoms with van der Waals surface area (Å²) in [7, 11) is 1.30. The van der Waals surface area contributed by atoms with Crippen LogP contribution in [0.25, 0.3) is 10.9 Å². The van der Waals surface area contributed by atoms with Gasteiger partial charge in [-0.1, -0.05) is 18.3 Å². The number of fused-ring (bicyclic) bond motifs is 1. The topological polar surface area (TPSA) is 73.4 Å². The first-order chi connectivity index (χ1) is 13.6. The van der Waals surface area contributed by atoms with Gasteiger partial charge in [0.1, 0.15) is 11.3 Å². The Morgan fingerprint density at radius 3 is 2.34 bits per heavy atom. The number of carbonyl (C=O) groups excluding carboxylic acids is 1. The molecule has 0 aliphatic heterocycles. The number of H-pyrrole nitrogens is 1. The molecule has 1 heterocycles. The van der Waals surface area contributed by atoms with E-state index in [2.05, 4.69) is 4.98 Å². The average molecular weight is 420 g/mol. The Bertz CT molecular complexity index is 1180. The average Bonchev–Trinajstić information content (AvgIpc) is 2.67. The fourth-order valence-corrected chi connectivity index (χ4v) is 3.31. The minimum Gasteiger partial charge on any atom is -0.506 e. The first-order valence-electron chi connectivity index (χ1n) is 8.35. The number of amides is 1. The molecule has 0 bridgehead atoms. The van der Waals surface area contributed by atoms with Gasteiger partial charge in [-0.05, 0) is 42.8 Å². The molecular weight excluding hydrogens is 405 g/mol. The van der Waals surface area contributed by atoms with E-state index >= 15 is 0 Å². The first-order valence-corrected chi connectivity index (χ1v) is 8.82. The van der Waals surface area contributed by atoms with E-state index in [0.29, 0.717) is 11.1 Å². The summed E-state index contributed by atoms with van der Waals surface area (Å²) >= 11 is 4.99. The molecule has 0 fully saturated rings. The third kappa shape index (κ3) is 3.61. The van der Waals surface area contributed by atoms with Crippen molar-refractivity contribution in [3.05, 3.63) is 69.0 Å². The van der Waals surface area contributed by atoms with Crippen LogP contribution in [0.4, 0.5) is 18.9 Å². The number of benzene rings is 2. The number of carbonyl (C=O) groups is 1. The van der Waals surface area contributed by atoms with Crippen LogP contribution in [0.1, 0.15) is 27.0 Å². The number of aromatic hydroxyl groups is 1. The fourth-order valence-electron chi connectivity index (χ4n) is 3.01. The maximum Gasteiger partial charge on any atom is 0.416 e. The highest BCUT2D eigenvalue weighted by atomic mass is 32.1. The lowest BCUT2D eigenvalue weighted by Crippen LogP contribution is -2.32. The highest BCUT2D eigenvalue weighted by molar-refractivity contribution is 7.79. The zero-order chi connectivity index (χ0) is 21.5. The molecule has 9 heteroatoms. The molecule has 2 N–H and O–H groups in total. The monoisotopic (exact) mass is 420 g/mol. The van der Waals surface area contributed by atoms with Crippen LogP contribution in [0.3, 0.4) is 0 Å². The van der Waals surface area contributed by atoms with Gasteiger partial charge >= 0.3 is 6.18 Å². The van der Waals surface area contributed by atoms with Gasteiger partial charge in [0, 0.05) is 29.1 Å². The van der Waals surface area contributed by atoms with Crippen LogP contribution >= 0.6 is 12.2 Å². The first kappa shape index (κ1) is 20.5. The van der Waals surface area contributed by atoms with E-state index in [1.807, 2.05) is 0 Å². The Morgan fingerprint density at radius 2 is 1.79 bits per heavy atom. The molecule has 1 aromatic heterocycles. The van der Waals surface area contributed by atoms with Crippen molar-refractivity contribution < 1.29 is 23.1 Å². The third-order valence-corrected chi connectivity index (χ3v) is 4.87. The predicted octanol–water partition coefficient (Wildman–Crippen LogP) is 4.19. The molecule has 150 valence electrons. The second-order valence-corrected chi connectivity index (χ2v) is 6.66. The lowest BCUT2D eigenvalue weighted by atomic mass is 10.0. The molecule has 2 aromatic carbocycles. The molecule has 0 spiro atoms. The van der Waals surface area contributed by atoms with Gasteiger partial charge in [0.2, 0.25) is 0 Å². The summed E-state index contributed by atoms with van der Waals surface area (Å²) in [6.45, 7) is 1.76. The van der Waals surface area contributed by atoms with E-state index in [1.165, 1.54) is 12.4 Å². The van der Waals surface area contributed by atoms with Crippen molar-refractivity contribution in [3.8, 4) is 5.75 Å². The lowest BCUT2D eigenvalue weighted by Gasteiger charge is -2.19. The molecule has 1 amide bonds. The number of aryl methyl sites for hydroxylation is 1. The normalized spacial score (nSPS) is 11.5. The van der Waals surface area contributed by atoms with Crippen molar-refractivity contribution in [2.24, 2.45) is 0 Å². The summed E-state index contributed by atoms with van der Waals surface area (Å²) in [5.41, 5.74) is -0.554. The number of rotatable bonds is 3. The molecule has 0 saturated heterocycles. The van der Waals surface area contributed by atoms with Crippen molar-refractivity contribution in [2.45, 2.75) is 13.1 Å². The molecule has 5 nitrogen and oxygen atoms in total. The number of alkyl halides is 3. The van der Waals surface area contributed by atoms with Crippen molar-refractivity contribution in [2.75, 3.05) is 11.9 Å². The van der Waals surface area contributed by atoms with Crippen LogP contribution in [-0.2, 0) is 6.18 Å². The number of anilines is 1. The number of aromatic amines is 1. The molecule has 0 unspecified atom stereocenters. The van der Waals surface area contributed by atoms with E-state index in [1.54, 1.807) is 19.1 Å². The van der Waals surface area contributed by atoms with E-state index < -0.39 is 34.5 Å². The molecule has 29 heavy (non-hydrogen) atoms. The van der Waals surface area contributed by atoms with Gasteiger partial charge in [-0.15, -0.1) is 0 Å². The van der Waals surface area contributed by atoms with E-state index in [-0.39, 0.29) is 11.1 Å². The van der Waals surface area contributed by atoms with E-state index in [9.17, 15) is 27.9 Å². The summed E-state index contributed by atoms with van der Waals surface area (Å²) in [6.07, 6.45) is -4.51. The van der Waals surface area contributed by atoms with Crippen LogP contribution in [0.5, 0.6) is 5.75 Å². The second kappa shape index (κ2) is 7.32. The number of halogens is 3. The Hall–Kier alpha value is -3.20. The molecular formula is C20H15F3N2O3S. The number of nitrogens with one attached hydrogen (secondary N) is 1. The minimum absolute atomic E-state index is 0.126. The summed E-state index contributed by atoms with van der Waals surface area (Å²) in [5, 5.41) is 12.3. The standard InChI is InChI=1S/C20H15F3N2O3S/c1-10-3-8-14-15(13(10)9-29)17(26)16(18(27)24-14)19(28)25(2)12-6-4-11(5-7-12)20(21,22)23/h3-9H,1-2H3,(H2,24,26,27). The third-order valence-electron chi connectivity index (χ3n) is 4.63. The molecule has 0 atom stereocenters. The largest absolute Gasteiger partial charge is 0.506 e. The maximum atomic E-state index is 12.9. The molecule has 0 aliphatic carbocycles. The molecule has 0 saturated carbocycles. The molecule has 3 rings (SSSR count). The van der Waals surface area contributed by atoms with Crippen LogP contribution in [0.15, 0.2) is 41.2 Å². The quantitative estimate of drug-likeness (QED) is 0.624. The number of thiocarbonyl (C=S) groups is 1. The van der Waals surface area contributed by atoms with Gasteiger partial charge in [-0.3, -0.25) is 9.59 Å². The van der Waals surface area contributed by atoms with Crippen molar-refractivity contribution >= 4 is 40.1 Å². The Morgan fingerprint density at radius 1 is 1.17 bits per heavy atom. The van der Waals surface area contributed by atoms with Crippen LogP contribution in [0, 0.1) is 6.92 Å². The van der Waals surface area contributed by atoms with E-state index in [4.69, 9.17) is 12.2 Å². The Kier molecular flexibility index (Phi) is 5.18. The van der Waals surface area contributed by atoms with Gasteiger partial charge in [-0.25, -0.2) is 0 Å². The Balaban J connectivity index is 2.11. The predicted molar refractivity (Wildman–Crippen MR) is 108 cm³/mol. The van der Waals surface area contributed by atoms with Gasteiger partial charge in [0.25, 0.3) is 11.5 Å². The highest BCUT2D eigenvalue weighted by Crippen LogP contribution is 2.32. The number of aromatic nitrogens is 1. The summed E-state index contributed by atoms with van der Waals surface area (Å²) in [6, 6.07) is 7.18. The Labute approximate surface area is 168 Å². The molecule has 3 aromatic rings. The van der Waals surface area contributed by atoms with E-state index in [0.717, 1.165) is 34.7 Å². The molecule has 0 aliphatic rings. The fraction of sp³-hybridized carbons (Fsp3) is 0.150. The van der Waals surface area contributed by atoms with Crippen molar-refractivity contribution in [1.82, 2.24) is 4.98 Å². The van der Waals surface area contributed by atoms with Crippen molar-refractivity contribution in [3.63, 3.8) is 0 Å². The molecule has 0 radical (unpaired) electrons. The zero-order valence-electron chi connectivity index (χ0n) is 15.3. The number of hydrogen-bond donors (Lipinski definition) is 2. The van der Waals surface area contributed by atoms with Gasteiger partial charge in [-0.2, -0.15) is 13.2 Å². The second-order valence-electron chi connectivity index (χ2n) is 6.42. The van der Waals surface area contributed by atoms with Crippen LogP contribution in [-0.4, -0.2) is 28.4 Å². The SMILES string of the molecule is Cc1ccc2[nH]c(=O)c(C(=O)N(C)c3ccc(C(F)(F)F)cc3)c(O)c2c1C=S. The number of hydrogen-bond acceptors (Lipinski definition) is 4. The van der Waals surface area contributed by atoms with Crippen molar-refractivity contribution in [1.29, 1.82) is 0 Å². The zero-order valence-corrected chi connectivity index (χ0v) is 16.1. The highest BCUT2D eigenvalue weighted by Gasteiger charge is 2.30. The minimum atomic E-state index is -4.51. The summed E-state index contributed by atoms with van der Waals surface area (Å²) < 4.78 is 38.2. The lowest BCUT2D eigenvalue weighted by molar-refractivity contribution is -0.137. The van der Waals surface area contributed by atoms with Crippen LogP contribution in [0.2, 0.25) is 0 Å².